The minimum atomic E-state index is -0.446. The Morgan fingerprint density at radius 1 is 1.34 bits per heavy atom. The Bertz CT molecular complexity index is 933. The maximum absolute atomic E-state index is 12.6. The first-order chi connectivity index (χ1) is 13.9. The number of amides is 1. The fourth-order valence-corrected chi connectivity index (χ4v) is 3.37. The van der Waals surface area contributed by atoms with Gasteiger partial charge in [-0.2, -0.15) is 5.10 Å². The molecule has 0 radical (unpaired) electrons. The van der Waals surface area contributed by atoms with Crippen LogP contribution in [0.1, 0.15) is 47.2 Å². The number of benzene rings is 1. The van der Waals surface area contributed by atoms with Crippen LogP contribution < -0.4 is 10.7 Å². The van der Waals surface area contributed by atoms with E-state index in [1.807, 2.05) is 13.8 Å². The molecule has 1 unspecified atom stereocenters. The van der Waals surface area contributed by atoms with Crippen molar-refractivity contribution in [3.8, 4) is 0 Å². The summed E-state index contributed by atoms with van der Waals surface area (Å²) in [5, 5.41) is 18.1. The highest BCUT2D eigenvalue weighted by Gasteiger charge is 2.28. The first-order valence-corrected chi connectivity index (χ1v) is 9.40. The van der Waals surface area contributed by atoms with Gasteiger partial charge in [-0.05, 0) is 38.8 Å². The first kappa shape index (κ1) is 20.5. The van der Waals surface area contributed by atoms with Gasteiger partial charge in [0, 0.05) is 42.8 Å². The number of non-ortho nitro benzene ring substituents is 1. The van der Waals surface area contributed by atoms with Crippen LogP contribution in [0.5, 0.6) is 0 Å². The van der Waals surface area contributed by atoms with Gasteiger partial charge in [0.1, 0.15) is 5.76 Å². The van der Waals surface area contributed by atoms with Crippen LogP contribution in [-0.4, -0.2) is 36.3 Å². The summed E-state index contributed by atoms with van der Waals surface area (Å²) in [6, 6.07) is 5.91. The van der Waals surface area contributed by atoms with Gasteiger partial charge in [0.25, 0.3) is 11.6 Å². The molecule has 0 aliphatic heterocycles. The molecule has 29 heavy (non-hydrogen) atoms. The minimum absolute atomic E-state index is 0.0205. The van der Waals surface area contributed by atoms with Crippen molar-refractivity contribution in [3.63, 3.8) is 0 Å². The molecule has 1 aromatic heterocycles. The Morgan fingerprint density at radius 2 is 2.07 bits per heavy atom. The molecule has 1 atom stereocenters. The molecule has 2 N–H and O–H groups in total. The fraction of sp³-hybridized carbons (Fsp3) is 0.400. The number of nitrogens with zero attached hydrogens (tertiary/aromatic N) is 2. The average Bonchev–Trinajstić information content (AvgIpc) is 3.04. The summed E-state index contributed by atoms with van der Waals surface area (Å²) in [6.07, 6.45) is 2.35. The maximum atomic E-state index is 12.6. The zero-order valence-electron chi connectivity index (χ0n) is 16.7. The largest absolute Gasteiger partial charge is 0.455 e. The number of fused-ring (bicyclic) bond motifs is 1. The monoisotopic (exact) mass is 400 g/mol. The van der Waals surface area contributed by atoms with Crippen molar-refractivity contribution in [2.24, 2.45) is 5.10 Å². The van der Waals surface area contributed by atoms with E-state index in [0.29, 0.717) is 18.1 Å². The number of nitro benzene ring substituents is 1. The van der Waals surface area contributed by atoms with Gasteiger partial charge in [-0.15, -0.1) is 0 Å². The Kier molecular flexibility index (Phi) is 6.28. The van der Waals surface area contributed by atoms with Crippen LogP contribution in [0.3, 0.4) is 0 Å². The van der Waals surface area contributed by atoms with E-state index < -0.39 is 4.92 Å². The van der Waals surface area contributed by atoms with E-state index in [1.54, 1.807) is 19.2 Å². The lowest BCUT2D eigenvalue weighted by molar-refractivity contribution is -0.384. The quantitative estimate of drug-likeness (QED) is 0.543. The number of carbonyl (C=O) groups is 1. The highest BCUT2D eigenvalue weighted by atomic mass is 16.6. The Morgan fingerprint density at radius 3 is 2.72 bits per heavy atom. The summed E-state index contributed by atoms with van der Waals surface area (Å²) in [7, 11) is 1.58. The molecule has 154 valence electrons. The van der Waals surface area contributed by atoms with E-state index in [2.05, 4.69) is 15.8 Å². The number of hydrogen-bond acceptors (Lipinski definition) is 7. The standard InChI is InChI=1S/C20H24N4O5/c1-12(11-28-3)21-20(25)19-13(2)18-16(5-4-6-17(18)29-19)23-22-14-7-9-15(10-8-14)24(26)27/h7-10,12,22H,4-6,11H2,1-3H3,(H,21,25)/b23-16+. The van der Waals surface area contributed by atoms with Crippen LogP contribution in [-0.2, 0) is 11.2 Å². The van der Waals surface area contributed by atoms with Crippen LogP contribution >= 0.6 is 0 Å². The average molecular weight is 400 g/mol. The molecule has 0 bridgehead atoms. The molecule has 2 aromatic rings. The lowest BCUT2D eigenvalue weighted by atomic mass is 9.93. The smallest absolute Gasteiger partial charge is 0.287 e. The van der Waals surface area contributed by atoms with Crippen molar-refractivity contribution in [3.05, 3.63) is 57.0 Å². The van der Waals surface area contributed by atoms with Crippen LogP contribution in [0, 0.1) is 17.0 Å². The molecule has 1 amide bonds. The Labute approximate surface area is 168 Å². The van der Waals surface area contributed by atoms with E-state index in [-0.39, 0.29) is 17.6 Å². The molecular weight excluding hydrogens is 376 g/mol. The molecule has 9 nitrogen and oxygen atoms in total. The van der Waals surface area contributed by atoms with Gasteiger partial charge < -0.3 is 14.5 Å². The first-order valence-electron chi connectivity index (χ1n) is 9.40. The molecule has 1 aliphatic carbocycles. The number of aryl methyl sites for hydroxylation is 1. The number of ether oxygens (including phenoxy) is 1. The van der Waals surface area contributed by atoms with Gasteiger partial charge in [-0.3, -0.25) is 20.3 Å². The van der Waals surface area contributed by atoms with Gasteiger partial charge in [0.2, 0.25) is 0 Å². The number of hydrogen-bond donors (Lipinski definition) is 2. The van der Waals surface area contributed by atoms with E-state index in [4.69, 9.17) is 9.15 Å². The van der Waals surface area contributed by atoms with Crippen molar-refractivity contribution in [2.45, 2.75) is 39.2 Å². The predicted molar refractivity (Wildman–Crippen MR) is 108 cm³/mol. The molecule has 1 aromatic carbocycles. The minimum Gasteiger partial charge on any atom is -0.455 e. The number of nitro groups is 1. The van der Waals surface area contributed by atoms with Gasteiger partial charge in [0.05, 0.1) is 22.9 Å². The summed E-state index contributed by atoms with van der Waals surface area (Å²) >= 11 is 0. The molecule has 0 saturated heterocycles. The third-order valence-corrected chi connectivity index (χ3v) is 4.72. The van der Waals surface area contributed by atoms with Gasteiger partial charge in [-0.25, -0.2) is 0 Å². The zero-order valence-corrected chi connectivity index (χ0v) is 16.7. The van der Waals surface area contributed by atoms with E-state index in [1.165, 1.54) is 12.1 Å². The van der Waals surface area contributed by atoms with E-state index in [9.17, 15) is 14.9 Å². The number of methoxy groups -OCH3 is 1. The molecule has 0 spiro atoms. The van der Waals surface area contributed by atoms with Crippen molar-refractivity contribution in [1.29, 1.82) is 0 Å². The lowest BCUT2D eigenvalue weighted by Gasteiger charge is -2.14. The highest BCUT2D eigenvalue weighted by Crippen LogP contribution is 2.30. The Hall–Kier alpha value is -3.20. The van der Waals surface area contributed by atoms with Crippen molar-refractivity contribution in [2.75, 3.05) is 19.1 Å². The van der Waals surface area contributed by atoms with E-state index in [0.717, 1.165) is 41.9 Å². The molecular formula is C20H24N4O5. The van der Waals surface area contributed by atoms with Crippen LogP contribution in [0.25, 0.3) is 0 Å². The summed E-state index contributed by atoms with van der Waals surface area (Å²) < 4.78 is 10.9. The lowest BCUT2D eigenvalue weighted by Crippen LogP contribution is -2.35. The highest BCUT2D eigenvalue weighted by molar-refractivity contribution is 6.06. The third-order valence-electron chi connectivity index (χ3n) is 4.72. The number of rotatable bonds is 7. The summed E-state index contributed by atoms with van der Waals surface area (Å²) in [5.74, 6) is 0.773. The number of anilines is 1. The number of carbonyl (C=O) groups excluding carboxylic acids is 1. The van der Waals surface area contributed by atoms with Crippen LogP contribution in [0.15, 0.2) is 33.8 Å². The second kappa shape index (κ2) is 8.87. The van der Waals surface area contributed by atoms with Crippen molar-refractivity contribution >= 4 is 23.0 Å². The second-order valence-corrected chi connectivity index (χ2v) is 7.01. The zero-order chi connectivity index (χ0) is 21.0. The molecule has 0 saturated carbocycles. The third kappa shape index (κ3) is 4.62. The molecule has 9 heteroatoms. The molecule has 3 rings (SSSR count). The van der Waals surface area contributed by atoms with Gasteiger partial charge >= 0.3 is 0 Å². The number of nitrogens with one attached hydrogen (secondary N) is 2. The van der Waals surface area contributed by atoms with Crippen molar-refractivity contribution in [1.82, 2.24) is 5.32 Å². The topological polar surface area (TPSA) is 119 Å². The van der Waals surface area contributed by atoms with E-state index >= 15 is 0 Å². The maximum Gasteiger partial charge on any atom is 0.287 e. The van der Waals surface area contributed by atoms with Crippen LogP contribution in [0.2, 0.25) is 0 Å². The summed E-state index contributed by atoms with van der Waals surface area (Å²) in [5.41, 5.74) is 6.02. The SMILES string of the molecule is COCC(C)NC(=O)c1oc2c(c1C)/C(=N/Nc1ccc([N+](=O)[O-])cc1)CCC2. The predicted octanol–water partition coefficient (Wildman–Crippen LogP) is 3.41. The van der Waals surface area contributed by atoms with Crippen molar-refractivity contribution < 1.29 is 18.9 Å². The normalized spacial score (nSPS) is 15.6. The number of hydrazone groups is 1. The summed E-state index contributed by atoms with van der Waals surface area (Å²) in [6.45, 7) is 4.13. The molecule has 1 aliphatic rings. The second-order valence-electron chi connectivity index (χ2n) is 7.01. The molecule has 1 heterocycles. The molecule has 0 fully saturated rings. The van der Waals surface area contributed by atoms with Gasteiger partial charge in [-0.1, -0.05) is 0 Å². The number of furan rings is 1. The fourth-order valence-electron chi connectivity index (χ4n) is 3.37. The van der Waals surface area contributed by atoms with Gasteiger partial charge in [0.15, 0.2) is 5.76 Å². The summed E-state index contributed by atoms with van der Waals surface area (Å²) in [4.78, 5) is 22.9. The Balaban J connectivity index is 1.80. The van der Waals surface area contributed by atoms with Crippen LogP contribution in [0.4, 0.5) is 11.4 Å².